The first kappa shape index (κ1) is 10.4. The summed E-state index contributed by atoms with van der Waals surface area (Å²) in [5.41, 5.74) is -0.743. The van der Waals surface area contributed by atoms with Gasteiger partial charge in [-0.2, -0.15) is 0 Å². The Kier molecular flexibility index (Phi) is 2.48. The van der Waals surface area contributed by atoms with E-state index < -0.39 is 5.56 Å². The number of benzene rings is 1. The van der Waals surface area contributed by atoms with Crippen LogP contribution in [0.3, 0.4) is 0 Å². The van der Waals surface area contributed by atoms with Crippen LogP contribution in [0.4, 0.5) is 0 Å². The van der Waals surface area contributed by atoms with Gasteiger partial charge in [0, 0.05) is 12.4 Å². The summed E-state index contributed by atoms with van der Waals surface area (Å²) in [5.74, 6) is 0.167. The van der Waals surface area contributed by atoms with Crippen LogP contribution < -0.4 is 15.9 Å². The molecule has 1 heterocycles. The maximum atomic E-state index is 11.9. The molecule has 0 atom stereocenters. The van der Waals surface area contributed by atoms with E-state index in [4.69, 9.17) is 4.74 Å². The molecule has 2 rings (SSSR count). The molecule has 0 N–H and O–H groups in total. The van der Waals surface area contributed by atoms with Crippen LogP contribution in [0.25, 0.3) is 10.8 Å². The Labute approximate surface area is 91.7 Å². The van der Waals surface area contributed by atoms with Crippen LogP contribution in [0, 0.1) is 0 Å². The van der Waals surface area contributed by atoms with Gasteiger partial charge in [-0.05, 0) is 17.5 Å². The monoisotopic (exact) mass is 217 g/mol. The van der Waals surface area contributed by atoms with Crippen LogP contribution in [-0.4, -0.2) is 11.7 Å². The molecule has 0 aliphatic heterocycles. The van der Waals surface area contributed by atoms with E-state index in [1.807, 2.05) is 6.07 Å². The van der Waals surface area contributed by atoms with Gasteiger partial charge in [-0.15, -0.1) is 0 Å². The van der Waals surface area contributed by atoms with Crippen molar-refractivity contribution in [2.24, 2.45) is 7.05 Å². The van der Waals surface area contributed by atoms with E-state index >= 15 is 0 Å². The van der Waals surface area contributed by atoms with E-state index in [9.17, 15) is 9.59 Å². The van der Waals surface area contributed by atoms with E-state index in [-0.39, 0.29) is 11.3 Å². The molecule has 0 aliphatic rings. The Morgan fingerprint density at radius 3 is 2.50 bits per heavy atom. The molecule has 1 aromatic heterocycles. The lowest BCUT2D eigenvalue weighted by molar-refractivity contribution is 0.406. The van der Waals surface area contributed by atoms with E-state index in [1.54, 1.807) is 24.3 Å². The third-order valence-corrected chi connectivity index (χ3v) is 2.52. The van der Waals surface area contributed by atoms with E-state index in [2.05, 4.69) is 0 Å². The number of nitrogens with zero attached hydrogens (tertiary/aromatic N) is 1. The zero-order valence-electron chi connectivity index (χ0n) is 9.06. The summed E-state index contributed by atoms with van der Waals surface area (Å²) in [6.45, 7) is 0. The number of rotatable bonds is 1. The highest BCUT2D eigenvalue weighted by Gasteiger charge is 2.06. The lowest BCUT2D eigenvalue weighted by Gasteiger charge is -1.93. The molecule has 2 aromatic rings. The van der Waals surface area contributed by atoms with Crippen molar-refractivity contribution in [2.75, 3.05) is 7.11 Å². The molecule has 4 heteroatoms. The molecule has 0 unspecified atom stereocenters. The van der Waals surface area contributed by atoms with Crippen molar-refractivity contribution in [3.05, 3.63) is 51.0 Å². The molecular weight excluding hydrogens is 206 g/mol. The molecule has 0 aliphatic carbocycles. The first-order chi connectivity index (χ1) is 7.65. The van der Waals surface area contributed by atoms with Crippen molar-refractivity contribution in [1.82, 2.24) is 4.57 Å². The van der Waals surface area contributed by atoms with Gasteiger partial charge < -0.3 is 4.74 Å². The van der Waals surface area contributed by atoms with E-state index in [0.29, 0.717) is 10.8 Å². The highest BCUT2D eigenvalue weighted by Crippen LogP contribution is 2.11. The molecule has 0 saturated carbocycles. The minimum absolute atomic E-state index is 0.167. The second-order valence-electron chi connectivity index (χ2n) is 3.47. The van der Waals surface area contributed by atoms with Gasteiger partial charge in [0.25, 0.3) is 11.1 Å². The average molecular weight is 217 g/mol. The fourth-order valence-electron chi connectivity index (χ4n) is 1.61. The highest BCUT2D eigenvalue weighted by molar-refractivity contribution is 5.81. The van der Waals surface area contributed by atoms with Crippen LogP contribution in [0.15, 0.2) is 39.9 Å². The van der Waals surface area contributed by atoms with E-state index in [1.165, 1.54) is 14.2 Å². The lowest BCUT2D eigenvalue weighted by Crippen LogP contribution is -2.27. The quantitative estimate of drug-likeness (QED) is 0.713. The van der Waals surface area contributed by atoms with Gasteiger partial charge in [0.2, 0.25) is 0 Å². The summed E-state index contributed by atoms with van der Waals surface area (Å²) in [6, 6.07) is 8.63. The summed E-state index contributed by atoms with van der Waals surface area (Å²) in [5, 5.41) is 1.20. The Morgan fingerprint density at radius 1 is 1.12 bits per heavy atom. The van der Waals surface area contributed by atoms with Crippen LogP contribution in [0.1, 0.15) is 0 Å². The normalized spacial score (nSPS) is 10.4. The Hall–Kier alpha value is -2.10. The molecule has 0 radical (unpaired) electrons. The maximum absolute atomic E-state index is 11.9. The van der Waals surface area contributed by atoms with Crippen molar-refractivity contribution in [2.45, 2.75) is 0 Å². The van der Waals surface area contributed by atoms with Crippen LogP contribution in [0.5, 0.6) is 5.75 Å². The molecule has 82 valence electrons. The van der Waals surface area contributed by atoms with Gasteiger partial charge in [-0.25, -0.2) is 0 Å². The molecule has 0 bridgehead atoms. The number of fused-ring (bicyclic) bond motifs is 1. The SMILES string of the molecule is COc1cc2ccccc2c(=O)n(C)c1=O. The fourth-order valence-corrected chi connectivity index (χ4v) is 1.61. The Morgan fingerprint density at radius 2 is 1.81 bits per heavy atom. The summed E-state index contributed by atoms with van der Waals surface area (Å²) in [4.78, 5) is 23.7. The fraction of sp³-hybridized carbons (Fsp3) is 0.167. The zero-order chi connectivity index (χ0) is 11.7. The standard InChI is InChI=1S/C12H11NO3/c1-13-11(14)9-6-4-3-5-8(9)7-10(16-2)12(13)15/h3-7H,1-2H3. The molecule has 0 saturated heterocycles. The largest absolute Gasteiger partial charge is 0.491 e. The lowest BCUT2D eigenvalue weighted by atomic mass is 10.2. The Bertz CT molecular complexity index is 658. The van der Waals surface area contributed by atoms with Gasteiger partial charge in [0.1, 0.15) is 0 Å². The zero-order valence-corrected chi connectivity index (χ0v) is 9.06. The second-order valence-corrected chi connectivity index (χ2v) is 3.47. The predicted octanol–water partition coefficient (Wildman–Crippen LogP) is 0.907. The van der Waals surface area contributed by atoms with Crippen molar-refractivity contribution < 1.29 is 4.74 Å². The van der Waals surface area contributed by atoms with Crippen molar-refractivity contribution in [3.63, 3.8) is 0 Å². The van der Waals surface area contributed by atoms with Crippen molar-refractivity contribution in [3.8, 4) is 5.75 Å². The van der Waals surface area contributed by atoms with Gasteiger partial charge in [-0.3, -0.25) is 14.2 Å². The second kappa shape index (κ2) is 3.81. The van der Waals surface area contributed by atoms with Gasteiger partial charge >= 0.3 is 0 Å². The smallest absolute Gasteiger partial charge is 0.295 e. The molecular formula is C12H11NO3. The molecule has 16 heavy (non-hydrogen) atoms. The molecule has 0 fully saturated rings. The topological polar surface area (TPSA) is 48.3 Å². The van der Waals surface area contributed by atoms with Gasteiger partial charge in [0.15, 0.2) is 5.75 Å². The van der Waals surface area contributed by atoms with E-state index in [0.717, 1.165) is 4.57 Å². The third kappa shape index (κ3) is 1.48. The van der Waals surface area contributed by atoms with Crippen LogP contribution in [-0.2, 0) is 7.05 Å². The summed E-state index contributed by atoms with van der Waals surface area (Å²) >= 11 is 0. The number of hydrogen-bond donors (Lipinski definition) is 0. The molecule has 4 nitrogen and oxygen atoms in total. The molecule has 0 spiro atoms. The summed E-state index contributed by atoms with van der Waals surface area (Å²) in [7, 11) is 2.86. The molecule has 1 aromatic carbocycles. The first-order valence-corrected chi connectivity index (χ1v) is 4.82. The average Bonchev–Trinajstić information content (AvgIpc) is 2.41. The van der Waals surface area contributed by atoms with Gasteiger partial charge in [-0.1, -0.05) is 18.2 Å². The number of hydrogen-bond acceptors (Lipinski definition) is 3. The number of aromatic nitrogens is 1. The minimum atomic E-state index is -0.427. The van der Waals surface area contributed by atoms with Crippen LogP contribution in [0.2, 0.25) is 0 Å². The highest BCUT2D eigenvalue weighted by atomic mass is 16.5. The Balaban J connectivity index is 3.12. The minimum Gasteiger partial charge on any atom is -0.491 e. The van der Waals surface area contributed by atoms with Crippen molar-refractivity contribution >= 4 is 10.8 Å². The van der Waals surface area contributed by atoms with Crippen molar-refractivity contribution in [1.29, 1.82) is 0 Å². The maximum Gasteiger partial charge on any atom is 0.295 e. The number of ether oxygens (including phenoxy) is 1. The first-order valence-electron chi connectivity index (χ1n) is 4.82. The summed E-state index contributed by atoms with van der Waals surface area (Å²) in [6.07, 6.45) is 0. The van der Waals surface area contributed by atoms with Crippen LogP contribution >= 0.6 is 0 Å². The molecule has 0 amide bonds. The van der Waals surface area contributed by atoms with Gasteiger partial charge in [0.05, 0.1) is 7.11 Å². The summed E-state index contributed by atoms with van der Waals surface area (Å²) < 4.78 is 6.03. The number of methoxy groups -OCH3 is 1. The third-order valence-electron chi connectivity index (χ3n) is 2.52. The predicted molar refractivity (Wildman–Crippen MR) is 62.0 cm³/mol.